The van der Waals surface area contributed by atoms with E-state index in [9.17, 15) is 0 Å². The molecule has 0 saturated heterocycles. The minimum atomic E-state index is 0.341. The highest BCUT2D eigenvalue weighted by atomic mass is 35.5. The summed E-state index contributed by atoms with van der Waals surface area (Å²) in [6.45, 7) is 12.7. The van der Waals surface area contributed by atoms with Crippen LogP contribution in [-0.4, -0.2) is 31.7 Å². The maximum absolute atomic E-state index is 7.00. The molecule has 3 aromatic heterocycles. The fourth-order valence-electron chi connectivity index (χ4n) is 3.02. The Morgan fingerprint density at radius 1 is 1.07 bits per heavy atom. The highest BCUT2D eigenvalue weighted by Crippen LogP contribution is 2.31. The molecule has 3 rings (SSSR count). The highest BCUT2D eigenvalue weighted by Gasteiger charge is 2.18. The van der Waals surface area contributed by atoms with Crippen molar-refractivity contribution < 1.29 is 5.11 Å². The molecule has 27 heavy (non-hydrogen) atoms. The summed E-state index contributed by atoms with van der Waals surface area (Å²) < 4.78 is 2.22. The van der Waals surface area contributed by atoms with E-state index in [0.29, 0.717) is 17.1 Å². The zero-order valence-corrected chi connectivity index (χ0v) is 18.0. The molecule has 3 heterocycles. The van der Waals surface area contributed by atoms with Crippen LogP contribution >= 0.6 is 11.6 Å². The van der Waals surface area contributed by atoms with E-state index in [-0.39, 0.29) is 0 Å². The SMILES string of the molecule is CCC(C)n1cc(C)c2nc(-c3ccc(C(C)C)nc3Cl)c(C)nc21.CO. The van der Waals surface area contributed by atoms with Gasteiger partial charge in [-0.1, -0.05) is 32.4 Å². The largest absolute Gasteiger partial charge is 0.400 e. The van der Waals surface area contributed by atoms with E-state index in [2.05, 4.69) is 50.4 Å². The highest BCUT2D eigenvalue weighted by molar-refractivity contribution is 6.32. The van der Waals surface area contributed by atoms with Gasteiger partial charge in [-0.05, 0) is 50.8 Å². The second-order valence-corrected chi connectivity index (χ2v) is 7.39. The molecule has 146 valence electrons. The summed E-state index contributed by atoms with van der Waals surface area (Å²) >= 11 is 6.46. The Morgan fingerprint density at radius 3 is 2.30 bits per heavy atom. The molecule has 0 saturated carbocycles. The maximum atomic E-state index is 7.00. The van der Waals surface area contributed by atoms with Gasteiger partial charge in [0.15, 0.2) is 5.65 Å². The number of aliphatic hydroxyl groups excluding tert-OH is 1. The van der Waals surface area contributed by atoms with Gasteiger partial charge in [-0.2, -0.15) is 0 Å². The van der Waals surface area contributed by atoms with Crippen LogP contribution in [0.2, 0.25) is 5.15 Å². The fourth-order valence-corrected chi connectivity index (χ4v) is 3.27. The summed E-state index contributed by atoms with van der Waals surface area (Å²) in [6, 6.07) is 4.43. The molecule has 0 bridgehead atoms. The van der Waals surface area contributed by atoms with Gasteiger partial charge >= 0.3 is 0 Å². The van der Waals surface area contributed by atoms with E-state index in [1.165, 1.54) is 0 Å². The van der Waals surface area contributed by atoms with Crippen LogP contribution in [0.4, 0.5) is 0 Å². The van der Waals surface area contributed by atoms with Crippen LogP contribution in [0, 0.1) is 13.8 Å². The van der Waals surface area contributed by atoms with E-state index >= 15 is 0 Å². The van der Waals surface area contributed by atoms with E-state index in [1.807, 2.05) is 19.1 Å². The number of rotatable bonds is 4. The van der Waals surface area contributed by atoms with Crippen molar-refractivity contribution in [2.24, 2.45) is 0 Å². The van der Waals surface area contributed by atoms with Gasteiger partial charge in [0.2, 0.25) is 0 Å². The molecule has 0 amide bonds. The quantitative estimate of drug-likeness (QED) is 0.602. The molecule has 0 aliphatic carbocycles. The Bertz CT molecular complexity index is 934. The van der Waals surface area contributed by atoms with Crippen molar-refractivity contribution in [3.8, 4) is 11.3 Å². The van der Waals surface area contributed by atoms with Crippen LogP contribution < -0.4 is 0 Å². The van der Waals surface area contributed by atoms with Gasteiger partial charge in [-0.15, -0.1) is 0 Å². The first kappa shape index (κ1) is 21.3. The molecule has 1 N–H and O–H groups in total. The summed E-state index contributed by atoms with van der Waals surface area (Å²) in [4.78, 5) is 14.3. The summed E-state index contributed by atoms with van der Waals surface area (Å²) in [5.74, 6) is 0.341. The predicted octanol–water partition coefficient (Wildman–Crippen LogP) is 5.47. The summed E-state index contributed by atoms with van der Waals surface area (Å²) in [5.41, 5.74) is 6.52. The van der Waals surface area contributed by atoms with Gasteiger partial charge in [0, 0.05) is 30.6 Å². The molecule has 0 fully saturated rings. The van der Waals surface area contributed by atoms with Gasteiger partial charge in [-0.3, -0.25) is 0 Å². The number of pyridine rings is 1. The first-order chi connectivity index (χ1) is 12.8. The first-order valence-electron chi connectivity index (χ1n) is 9.30. The fraction of sp³-hybridized carbons (Fsp3) is 0.476. The third kappa shape index (κ3) is 4.14. The van der Waals surface area contributed by atoms with E-state index in [0.717, 1.165) is 52.9 Å². The Morgan fingerprint density at radius 2 is 1.74 bits per heavy atom. The van der Waals surface area contributed by atoms with E-state index in [1.54, 1.807) is 0 Å². The topological polar surface area (TPSA) is 63.8 Å². The normalized spacial score (nSPS) is 12.2. The number of aryl methyl sites for hydroxylation is 2. The standard InChI is InChI=1S/C20H25ClN4.CH4O/c1-7-13(5)25-10-12(4)17-20(25)22-14(6)18(24-17)15-8-9-16(11(2)3)23-19(15)21;1-2/h8-11,13H,7H2,1-6H3;2H,1H3. The van der Waals surface area contributed by atoms with Crippen LogP contribution in [0.15, 0.2) is 18.3 Å². The van der Waals surface area contributed by atoms with Crippen LogP contribution in [0.25, 0.3) is 22.4 Å². The monoisotopic (exact) mass is 388 g/mol. The molecule has 0 spiro atoms. The molecular weight excluding hydrogens is 360 g/mol. The van der Waals surface area contributed by atoms with Crippen molar-refractivity contribution in [2.45, 2.75) is 59.9 Å². The number of hydrogen-bond donors (Lipinski definition) is 1. The number of aromatic nitrogens is 4. The van der Waals surface area contributed by atoms with Gasteiger partial charge in [0.1, 0.15) is 10.7 Å². The lowest BCUT2D eigenvalue weighted by Crippen LogP contribution is -2.05. The number of hydrogen-bond acceptors (Lipinski definition) is 4. The van der Waals surface area contributed by atoms with Crippen molar-refractivity contribution in [1.29, 1.82) is 0 Å². The summed E-state index contributed by atoms with van der Waals surface area (Å²) in [7, 11) is 1.00. The molecule has 5 nitrogen and oxygen atoms in total. The summed E-state index contributed by atoms with van der Waals surface area (Å²) in [5, 5.41) is 7.49. The molecule has 0 aliphatic rings. The maximum Gasteiger partial charge on any atom is 0.159 e. The van der Waals surface area contributed by atoms with Crippen molar-refractivity contribution in [3.63, 3.8) is 0 Å². The zero-order chi connectivity index (χ0) is 20.3. The van der Waals surface area contributed by atoms with Gasteiger partial charge in [-0.25, -0.2) is 15.0 Å². The lowest BCUT2D eigenvalue weighted by atomic mass is 10.1. The second-order valence-electron chi connectivity index (χ2n) is 7.04. The average molecular weight is 389 g/mol. The lowest BCUT2D eigenvalue weighted by molar-refractivity contribution is 0.399. The van der Waals surface area contributed by atoms with Crippen LogP contribution in [-0.2, 0) is 0 Å². The van der Waals surface area contributed by atoms with Crippen molar-refractivity contribution in [1.82, 2.24) is 19.5 Å². The van der Waals surface area contributed by atoms with Crippen LogP contribution in [0.3, 0.4) is 0 Å². The molecular formula is C21H29ClN4O. The molecule has 6 heteroatoms. The Balaban J connectivity index is 0.00000126. The van der Waals surface area contributed by atoms with Crippen molar-refractivity contribution in [3.05, 3.63) is 40.4 Å². The Hall–Kier alpha value is -1.98. The molecule has 1 unspecified atom stereocenters. The van der Waals surface area contributed by atoms with Gasteiger partial charge in [0.05, 0.1) is 11.4 Å². The number of nitrogens with zero attached hydrogens (tertiary/aromatic N) is 4. The molecule has 0 aliphatic heterocycles. The van der Waals surface area contributed by atoms with Crippen molar-refractivity contribution >= 4 is 22.8 Å². The minimum absolute atomic E-state index is 0.341. The number of fused-ring (bicyclic) bond motifs is 1. The Labute approximate surface area is 166 Å². The van der Waals surface area contributed by atoms with Crippen molar-refractivity contribution in [2.75, 3.05) is 7.11 Å². The molecule has 3 aromatic rings. The molecule has 0 aromatic carbocycles. The van der Waals surface area contributed by atoms with Gasteiger partial charge in [0.25, 0.3) is 0 Å². The third-order valence-corrected chi connectivity index (χ3v) is 5.07. The van der Waals surface area contributed by atoms with E-state index in [4.69, 9.17) is 26.7 Å². The molecule has 0 radical (unpaired) electrons. The van der Waals surface area contributed by atoms with Crippen LogP contribution in [0.1, 0.15) is 63.0 Å². The number of halogens is 1. The first-order valence-corrected chi connectivity index (χ1v) is 9.68. The smallest absolute Gasteiger partial charge is 0.159 e. The average Bonchev–Trinajstić information content (AvgIpc) is 2.98. The van der Waals surface area contributed by atoms with Crippen LogP contribution in [0.5, 0.6) is 0 Å². The van der Waals surface area contributed by atoms with E-state index < -0.39 is 0 Å². The number of aliphatic hydroxyl groups is 1. The minimum Gasteiger partial charge on any atom is -0.400 e. The zero-order valence-electron chi connectivity index (χ0n) is 17.2. The van der Waals surface area contributed by atoms with Gasteiger partial charge < -0.3 is 9.67 Å². The third-order valence-electron chi connectivity index (χ3n) is 4.79. The Kier molecular flexibility index (Phi) is 6.95. The lowest BCUT2D eigenvalue weighted by Gasteiger charge is -2.13. The predicted molar refractivity (Wildman–Crippen MR) is 112 cm³/mol. The molecule has 1 atom stereocenters. The summed E-state index contributed by atoms with van der Waals surface area (Å²) in [6.07, 6.45) is 3.20. The second kappa shape index (κ2) is 8.81.